The second-order valence-electron chi connectivity index (χ2n) is 7.66. The van der Waals surface area contributed by atoms with Crippen LogP contribution in [0.5, 0.6) is 0 Å². The molecule has 1 fully saturated rings. The Hall–Kier alpha value is -2.41. The van der Waals surface area contributed by atoms with Gasteiger partial charge >= 0.3 is 6.03 Å². The fourth-order valence-electron chi connectivity index (χ4n) is 4.33. The van der Waals surface area contributed by atoms with Gasteiger partial charge in [-0.3, -0.25) is 0 Å². The van der Waals surface area contributed by atoms with Crippen LogP contribution < -0.4 is 5.32 Å². The number of likely N-dealkylation sites (tertiary alicyclic amines) is 1. The van der Waals surface area contributed by atoms with Crippen molar-refractivity contribution >= 4 is 6.03 Å². The molecule has 0 spiro atoms. The third-order valence-corrected chi connectivity index (χ3v) is 5.81. The average Bonchev–Trinajstić information content (AvgIpc) is 3.28. The number of methoxy groups -OCH3 is 1. The number of fused-ring (bicyclic) bond motifs is 1. The third-order valence-electron chi connectivity index (χ3n) is 5.81. The standard InChI is InChI=1S/C20H27N5O2/c1-13-7-8-14-5-4-6-17(16(14)9-13)22-20(26)25-11-15(27-3)10-18(25)19-23-21-12-24(19)2/h7-9,12,15,17-18H,4-6,10-11H2,1-3H3,(H,22,26)/t15-,17-,18+/m1/s1. The lowest BCUT2D eigenvalue weighted by atomic mass is 9.87. The highest BCUT2D eigenvalue weighted by Crippen LogP contribution is 2.34. The average molecular weight is 369 g/mol. The van der Waals surface area contributed by atoms with Gasteiger partial charge in [0.15, 0.2) is 5.82 Å². The van der Waals surface area contributed by atoms with Crippen LogP contribution in [0.1, 0.15) is 53.9 Å². The molecule has 1 aliphatic heterocycles. The monoisotopic (exact) mass is 369 g/mol. The topological polar surface area (TPSA) is 72.3 Å². The number of benzene rings is 1. The summed E-state index contributed by atoms with van der Waals surface area (Å²) in [6.07, 6.45) is 5.56. The number of aromatic nitrogens is 3. The summed E-state index contributed by atoms with van der Waals surface area (Å²) in [4.78, 5) is 15.0. The van der Waals surface area contributed by atoms with Crippen molar-refractivity contribution in [3.8, 4) is 0 Å². The van der Waals surface area contributed by atoms with E-state index in [9.17, 15) is 4.79 Å². The summed E-state index contributed by atoms with van der Waals surface area (Å²) >= 11 is 0. The molecule has 27 heavy (non-hydrogen) atoms. The highest BCUT2D eigenvalue weighted by Gasteiger charge is 2.39. The van der Waals surface area contributed by atoms with E-state index in [2.05, 4.69) is 40.6 Å². The summed E-state index contributed by atoms with van der Waals surface area (Å²) < 4.78 is 7.42. The number of hydrogen-bond donors (Lipinski definition) is 1. The van der Waals surface area contributed by atoms with E-state index in [1.54, 1.807) is 13.4 Å². The molecule has 1 aromatic heterocycles. The summed E-state index contributed by atoms with van der Waals surface area (Å²) in [5.41, 5.74) is 3.83. The van der Waals surface area contributed by atoms with Gasteiger partial charge in [0, 0.05) is 27.1 Å². The van der Waals surface area contributed by atoms with Crippen molar-refractivity contribution in [3.63, 3.8) is 0 Å². The first-order valence-corrected chi connectivity index (χ1v) is 9.60. The van der Waals surface area contributed by atoms with E-state index in [4.69, 9.17) is 4.74 Å². The lowest BCUT2D eigenvalue weighted by Crippen LogP contribution is -2.43. The largest absolute Gasteiger partial charge is 0.380 e. The van der Waals surface area contributed by atoms with Crippen LogP contribution >= 0.6 is 0 Å². The van der Waals surface area contributed by atoms with Crippen LogP contribution in [0.4, 0.5) is 4.79 Å². The second-order valence-corrected chi connectivity index (χ2v) is 7.66. The first-order valence-electron chi connectivity index (χ1n) is 9.60. The van der Waals surface area contributed by atoms with Crippen LogP contribution in [0.3, 0.4) is 0 Å². The minimum absolute atomic E-state index is 0.0123. The molecule has 1 aliphatic carbocycles. The van der Waals surface area contributed by atoms with Gasteiger partial charge in [-0.2, -0.15) is 0 Å². The first-order chi connectivity index (χ1) is 13.1. The fraction of sp³-hybridized carbons (Fsp3) is 0.550. The maximum atomic E-state index is 13.2. The molecular formula is C20H27N5O2. The number of aryl methyl sites for hydroxylation is 3. The summed E-state index contributed by atoms with van der Waals surface area (Å²) in [7, 11) is 3.60. The van der Waals surface area contributed by atoms with Crippen LogP contribution in [-0.4, -0.2) is 45.5 Å². The normalized spacial score (nSPS) is 24.7. The SMILES string of the molecule is CO[C@@H]1C[C@@H](c2nncn2C)N(C(=O)N[C@@H]2CCCc3ccc(C)cc32)C1. The number of nitrogens with zero attached hydrogens (tertiary/aromatic N) is 4. The fourth-order valence-corrected chi connectivity index (χ4v) is 4.33. The van der Waals surface area contributed by atoms with Crippen molar-refractivity contribution in [2.24, 2.45) is 7.05 Å². The zero-order chi connectivity index (χ0) is 19.0. The molecule has 2 aromatic rings. The molecular weight excluding hydrogens is 342 g/mol. The number of urea groups is 1. The smallest absolute Gasteiger partial charge is 0.318 e. The lowest BCUT2D eigenvalue weighted by Gasteiger charge is -2.30. The Morgan fingerprint density at radius 2 is 2.22 bits per heavy atom. The Bertz CT molecular complexity index is 834. The van der Waals surface area contributed by atoms with E-state index in [0.29, 0.717) is 6.54 Å². The van der Waals surface area contributed by atoms with Gasteiger partial charge in [-0.05, 0) is 37.3 Å². The third kappa shape index (κ3) is 3.43. The van der Waals surface area contributed by atoms with Crippen molar-refractivity contribution in [3.05, 3.63) is 47.0 Å². The lowest BCUT2D eigenvalue weighted by molar-refractivity contribution is 0.110. The van der Waals surface area contributed by atoms with E-state index in [1.165, 1.54) is 16.7 Å². The molecule has 1 saturated heterocycles. The van der Waals surface area contributed by atoms with Crippen molar-refractivity contribution in [1.29, 1.82) is 0 Å². The van der Waals surface area contributed by atoms with Gasteiger partial charge in [-0.15, -0.1) is 10.2 Å². The number of carbonyl (C=O) groups is 1. The Kier molecular flexibility index (Phi) is 4.86. The number of carbonyl (C=O) groups excluding carboxylic acids is 1. The molecule has 7 nitrogen and oxygen atoms in total. The molecule has 144 valence electrons. The quantitative estimate of drug-likeness (QED) is 0.903. The first kappa shape index (κ1) is 18.0. The maximum Gasteiger partial charge on any atom is 0.318 e. The molecule has 0 radical (unpaired) electrons. The van der Waals surface area contributed by atoms with Crippen molar-refractivity contribution in [2.75, 3.05) is 13.7 Å². The minimum atomic E-state index is -0.122. The van der Waals surface area contributed by atoms with E-state index >= 15 is 0 Å². The summed E-state index contributed by atoms with van der Waals surface area (Å²) in [5.74, 6) is 0.796. The van der Waals surface area contributed by atoms with Gasteiger partial charge in [0.05, 0.1) is 18.2 Å². The van der Waals surface area contributed by atoms with E-state index in [1.807, 2.05) is 16.5 Å². The molecule has 7 heteroatoms. The number of amides is 2. The zero-order valence-corrected chi connectivity index (χ0v) is 16.2. The summed E-state index contributed by atoms with van der Waals surface area (Å²) in [5, 5.41) is 11.5. The number of nitrogens with one attached hydrogen (secondary N) is 1. The molecule has 2 aliphatic rings. The van der Waals surface area contributed by atoms with E-state index < -0.39 is 0 Å². The highest BCUT2D eigenvalue weighted by molar-refractivity contribution is 5.76. The van der Waals surface area contributed by atoms with Crippen LogP contribution in [-0.2, 0) is 18.2 Å². The number of rotatable bonds is 3. The minimum Gasteiger partial charge on any atom is -0.380 e. The van der Waals surface area contributed by atoms with Gasteiger partial charge < -0.3 is 19.5 Å². The molecule has 2 heterocycles. The van der Waals surface area contributed by atoms with Gasteiger partial charge in [-0.1, -0.05) is 23.8 Å². The molecule has 0 unspecified atom stereocenters. The Labute approximate surface area is 159 Å². The summed E-state index contributed by atoms with van der Waals surface area (Å²) in [6, 6.07) is 6.44. The van der Waals surface area contributed by atoms with Crippen LogP contribution in [0.2, 0.25) is 0 Å². The Balaban J connectivity index is 1.55. The second kappa shape index (κ2) is 7.31. The predicted octanol–water partition coefficient (Wildman–Crippen LogP) is 2.67. The van der Waals surface area contributed by atoms with Gasteiger partial charge in [0.2, 0.25) is 0 Å². The molecule has 0 saturated carbocycles. The van der Waals surface area contributed by atoms with Gasteiger partial charge in [0.25, 0.3) is 0 Å². The zero-order valence-electron chi connectivity index (χ0n) is 16.2. The van der Waals surface area contributed by atoms with Gasteiger partial charge in [0.1, 0.15) is 6.33 Å². The Morgan fingerprint density at radius 1 is 1.37 bits per heavy atom. The number of hydrogen-bond acceptors (Lipinski definition) is 4. The molecule has 1 N–H and O–H groups in total. The molecule has 2 amide bonds. The van der Waals surface area contributed by atoms with E-state index in [-0.39, 0.29) is 24.2 Å². The summed E-state index contributed by atoms with van der Waals surface area (Å²) in [6.45, 7) is 2.66. The highest BCUT2D eigenvalue weighted by atomic mass is 16.5. The van der Waals surface area contributed by atoms with Crippen molar-refractivity contribution < 1.29 is 9.53 Å². The molecule has 0 bridgehead atoms. The van der Waals surface area contributed by atoms with Crippen LogP contribution in [0, 0.1) is 6.92 Å². The van der Waals surface area contributed by atoms with Gasteiger partial charge in [-0.25, -0.2) is 4.79 Å². The molecule has 3 atom stereocenters. The van der Waals surface area contributed by atoms with E-state index in [0.717, 1.165) is 31.5 Å². The van der Waals surface area contributed by atoms with Crippen molar-refractivity contribution in [2.45, 2.75) is 50.8 Å². The predicted molar refractivity (Wildman–Crippen MR) is 101 cm³/mol. The maximum absolute atomic E-state index is 13.2. The Morgan fingerprint density at radius 3 is 2.96 bits per heavy atom. The van der Waals surface area contributed by atoms with Crippen molar-refractivity contribution in [1.82, 2.24) is 25.0 Å². The molecule has 1 aromatic carbocycles. The molecule has 4 rings (SSSR count). The van der Waals surface area contributed by atoms with Crippen LogP contribution in [0.15, 0.2) is 24.5 Å². The number of ether oxygens (including phenoxy) is 1. The van der Waals surface area contributed by atoms with Crippen LogP contribution in [0.25, 0.3) is 0 Å².